The molecule has 0 saturated carbocycles. The summed E-state index contributed by atoms with van der Waals surface area (Å²) < 4.78 is 0. The first-order chi connectivity index (χ1) is 10.2. The normalized spacial score (nSPS) is 11.3. The first-order valence-corrected chi connectivity index (χ1v) is 7.30. The molecule has 0 aliphatic rings. The molecule has 2 aromatic rings. The van der Waals surface area contributed by atoms with E-state index in [1.807, 2.05) is 54.6 Å². The second-order valence-electron chi connectivity index (χ2n) is 5.04. The highest BCUT2D eigenvalue weighted by atomic mass is 16.1. The molecule has 106 valence electrons. The fourth-order valence-electron chi connectivity index (χ4n) is 2.45. The summed E-state index contributed by atoms with van der Waals surface area (Å²) >= 11 is 0. The molecule has 0 N–H and O–H groups in total. The zero-order valence-electron chi connectivity index (χ0n) is 12.5. The van der Waals surface area contributed by atoms with Gasteiger partial charge in [-0.05, 0) is 30.5 Å². The molecule has 0 aromatic heterocycles. The maximum atomic E-state index is 12.0. The molecule has 21 heavy (non-hydrogen) atoms. The van der Waals surface area contributed by atoms with Crippen LogP contribution in [0.1, 0.15) is 37.3 Å². The second-order valence-corrected chi connectivity index (χ2v) is 5.04. The first-order valence-electron chi connectivity index (χ1n) is 7.30. The van der Waals surface area contributed by atoms with Crippen molar-refractivity contribution in [2.24, 2.45) is 0 Å². The number of rotatable bonds is 5. The van der Waals surface area contributed by atoms with Gasteiger partial charge in [-0.1, -0.05) is 67.6 Å². The van der Waals surface area contributed by atoms with E-state index < -0.39 is 0 Å². The molecule has 1 heteroatoms. The van der Waals surface area contributed by atoms with Gasteiger partial charge in [0, 0.05) is 11.5 Å². The lowest BCUT2D eigenvalue weighted by atomic mass is 9.87. The summed E-state index contributed by atoms with van der Waals surface area (Å²) in [5.74, 6) is 0.182. The Labute approximate surface area is 126 Å². The number of Topliss-reactive ketones (excluding diaryl/α,β-unsaturated/α-hetero) is 1. The highest BCUT2D eigenvalue weighted by molar-refractivity contribution is 5.95. The Kier molecular flexibility index (Phi) is 5.31. The zero-order chi connectivity index (χ0) is 15.1. The van der Waals surface area contributed by atoms with Gasteiger partial charge in [0.1, 0.15) is 0 Å². The van der Waals surface area contributed by atoms with Crippen molar-refractivity contribution in [1.82, 2.24) is 0 Å². The van der Waals surface area contributed by atoms with Gasteiger partial charge >= 0.3 is 0 Å². The fourth-order valence-corrected chi connectivity index (χ4v) is 2.45. The summed E-state index contributed by atoms with van der Waals surface area (Å²) in [5.41, 5.74) is 6.19. The predicted molar refractivity (Wildman–Crippen MR) is 88.1 cm³/mol. The zero-order valence-corrected chi connectivity index (χ0v) is 12.5. The summed E-state index contributed by atoms with van der Waals surface area (Å²) in [7, 11) is 0. The van der Waals surface area contributed by atoms with Crippen LogP contribution in [-0.2, 0) is 4.79 Å². The number of hydrogen-bond donors (Lipinski definition) is 0. The highest BCUT2D eigenvalue weighted by Gasteiger charge is 2.17. The third kappa shape index (κ3) is 4.05. The first kappa shape index (κ1) is 15.0. The number of carbonyl (C=O) groups excluding carboxylic acids is 1. The van der Waals surface area contributed by atoms with E-state index in [-0.39, 0.29) is 11.7 Å². The Morgan fingerprint density at radius 1 is 1.05 bits per heavy atom. The monoisotopic (exact) mass is 276 g/mol. The predicted octanol–water partition coefficient (Wildman–Crippen LogP) is 5.01. The van der Waals surface area contributed by atoms with Crippen molar-refractivity contribution in [2.45, 2.75) is 26.2 Å². The molecule has 1 nitrogen and oxygen atoms in total. The highest BCUT2D eigenvalue weighted by Crippen LogP contribution is 2.27. The maximum absolute atomic E-state index is 12.0. The van der Waals surface area contributed by atoms with Gasteiger partial charge < -0.3 is 0 Å². The molecule has 2 rings (SSSR count). The lowest BCUT2D eigenvalue weighted by Gasteiger charge is -2.15. The molecule has 0 aliphatic heterocycles. The molecule has 1 unspecified atom stereocenters. The number of allylic oxidation sites excluding steroid dienone is 1. The van der Waals surface area contributed by atoms with Gasteiger partial charge in [-0.2, -0.15) is 0 Å². The SMILES string of the molecule is CCC(C(=C=Cc1ccccc1)C(C)=O)c1ccccc1. The summed E-state index contributed by atoms with van der Waals surface area (Å²) in [4.78, 5) is 12.0. The minimum Gasteiger partial charge on any atom is -0.294 e. The van der Waals surface area contributed by atoms with Crippen LogP contribution < -0.4 is 0 Å². The van der Waals surface area contributed by atoms with Crippen molar-refractivity contribution in [1.29, 1.82) is 0 Å². The quantitative estimate of drug-likeness (QED) is 0.554. The minimum atomic E-state index is 0.0814. The Morgan fingerprint density at radius 2 is 1.62 bits per heavy atom. The average Bonchev–Trinajstić information content (AvgIpc) is 2.53. The van der Waals surface area contributed by atoms with E-state index >= 15 is 0 Å². The maximum Gasteiger partial charge on any atom is 0.164 e. The van der Waals surface area contributed by atoms with E-state index in [0.717, 1.165) is 17.6 Å². The average molecular weight is 276 g/mol. The third-order valence-corrected chi connectivity index (χ3v) is 3.53. The minimum absolute atomic E-state index is 0.0814. The summed E-state index contributed by atoms with van der Waals surface area (Å²) in [6.45, 7) is 3.72. The van der Waals surface area contributed by atoms with E-state index in [4.69, 9.17) is 0 Å². The molecule has 0 heterocycles. The van der Waals surface area contributed by atoms with Crippen LogP contribution in [0.25, 0.3) is 6.08 Å². The van der Waals surface area contributed by atoms with Crippen LogP contribution in [0.4, 0.5) is 0 Å². The van der Waals surface area contributed by atoms with E-state index in [9.17, 15) is 4.79 Å². The number of benzene rings is 2. The van der Waals surface area contributed by atoms with Gasteiger partial charge in [0.2, 0.25) is 0 Å². The molecule has 1 atom stereocenters. The Bertz CT molecular complexity index is 647. The molecule has 0 bridgehead atoms. The smallest absolute Gasteiger partial charge is 0.164 e. The van der Waals surface area contributed by atoms with Crippen molar-refractivity contribution >= 4 is 11.9 Å². The summed E-state index contributed by atoms with van der Waals surface area (Å²) in [6.07, 6.45) is 2.77. The van der Waals surface area contributed by atoms with Crippen LogP contribution in [0.2, 0.25) is 0 Å². The molecule has 0 aliphatic carbocycles. The summed E-state index contributed by atoms with van der Waals surface area (Å²) in [5, 5.41) is 0. The lowest BCUT2D eigenvalue weighted by Crippen LogP contribution is -2.07. The Balaban J connectivity index is 2.43. The van der Waals surface area contributed by atoms with Crippen molar-refractivity contribution in [3.05, 3.63) is 83.1 Å². The van der Waals surface area contributed by atoms with Crippen molar-refractivity contribution in [2.75, 3.05) is 0 Å². The molecule has 0 fully saturated rings. The standard InChI is InChI=1S/C20H20O/c1-3-19(18-12-8-5-9-13-18)20(16(2)21)15-14-17-10-6-4-7-11-17/h4-14,19H,3H2,1-2H3. The van der Waals surface area contributed by atoms with Crippen molar-refractivity contribution in [3.63, 3.8) is 0 Å². The van der Waals surface area contributed by atoms with E-state index in [1.165, 1.54) is 5.56 Å². The fraction of sp³-hybridized carbons (Fsp3) is 0.200. The van der Waals surface area contributed by atoms with E-state index in [1.54, 1.807) is 6.92 Å². The molecular weight excluding hydrogens is 256 g/mol. The molecule has 0 saturated heterocycles. The molecule has 2 aromatic carbocycles. The van der Waals surface area contributed by atoms with Crippen LogP contribution in [0.3, 0.4) is 0 Å². The Morgan fingerprint density at radius 3 is 2.14 bits per heavy atom. The number of ketones is 1. The van der Waals surface area contributed by atoms with Crippen molar-refractivity contribution in [3.8, 4) is 0 Å². The summed E-state index contributed by atoms with van der Waals surface area (Å²) in [6, 6.07) is 20.1. The van der Waals surface area contributed by atoms with Crippen LogP contribution >= 0.6 is 0 Å². The molecule has 0 spiro atoms. The number of hydrogen-bond acceptors (Lipinski definition) is 1. The van der Waals surface area contributed by atoms with Crippen LogP contribution in [0.5, 0.6) is 0 Å². The second kappa shape index (κ2) is 7.42. The van der Waals surface area contributed by atoms with Gasteiger partial charge in [0.25, 0.3) is 0 Å². The van der Waals surface area contributed by atoms with Crippen LogP contribution in [0, 0.1) is 0 Å². The van der Waals surface area contributed by atoms with Gasteiger partial charge in [-0.3, -0.25) is 4.79 Å². The van der Waals surface area contributed by atoms with Crippen LogP contribution in [0.15, 0.2) is 72.0 Å². The van der Waals surface area contributed by atoms with Gasteiger partial charge in [-0.25, -0.2) is 0 Å². The van der Waals surface area contributed by atoms with E-state index in [0.29, 0.717) is 0 Å². The molecule has 0 radical (unpaired) electrons. The van der Waals surface area contributed by atoms with Gasteiger partial charge in [0.15, 0.2) is 5.78 Å². The topological polar surface area (TPSA) is 17.1 Å². The number of carbonyl (C=O) groups is 1. The molecule has 0 amide bonds. The Hall–Kier alpha value is -2.37. The van der Waals surface area contributed by atoms with Crippen molar-refractivity contribution < 1.29 is 4.79 Å². The third-order valence-electron chi connectivity index (χ3n) is 3.53. The van der Waals surface area contributed by atoms with Crippen LogP contribution in [-0.4, -0.2) is 5.78 Å². The van der Waals surface area contributed by atoms with Gasteiger partial charge in [0.05, 0.1) is 0 Å². The van der Waals surface area contributed by atoms with E-state index in [2.05, 4.69) is 24.8 Å². The lowest BCUT2D eigenvalue weighted by molar-refractivity contribution is -0.113. The molecular formula is C20H20O. The van der Waals surface area contributed by atoms with Gasteiger partial charge in [-0.15, -0.1) is 5.73 Å². The largest absolute Gasteiger partial charge is 0.294 e.